The second-order valence-corrected chi connectivity index (χ2v) is 5.93. The van der Waals surface area contributed by atoms with Gasteiger partial charge in [0.25, 0.3) is 5.91 Å². The quantitative estimate of drug-likeness (QED) is 0.798. The van der Waals surface area contributed by atoms with Gasteiger partial charge in [-0.05, 0) is 47.5 Å². The first kappa shape index (κ1) is 14.7. The summed E-state index contributed by atoms with van der Waals surface area (Å²) in [6, 6.07) is 9.13. The highest BCUT2D eigenvalue weighted by Crippen LogP contribution is 2.14. The minimum Gasteiger partial charge on any atom is -0.346 e. The lowest BCUT2D eigenvalue weighted by atomic mass is 10.3. The lowest BCUT2D eigenvalue weighted by molar-refractivity contribution is 0.0945. The van der Waals surface area contributed by atoms with Crippen molar-refractivity contribution >= 4 is 28.8 Å². The van der Waals surface area contributed by atoms with Crippen LogP contribution in [0, 0.1) is 6.92 Å². The largest absolute Gasteiger partial charge is 0.346 e. The Morgan fingerprint density at radius 1 is 1.36 bits per heavy atom. The van der Waals surface area contributed by atoms with Gasteiger partial charge in [-0.15, -0.1) is 5.10 Å². The summed E-state index contributed by atoms with van der Waals surface area (Å²) in [7, 11) is 0. The van der Waals surface area contributed by atoms with Crippen LogP contribution in [0.4, 0.5) is 0 Å². The Bertz CT molecular complexity index is 798. The van der Waals surface area contributed by atoms with Gasteiger partial charge in [0.1, 0.15) is 0 Å². The Morgan fingerprint density at radius 2 is 2.23 bits per heavy atom. The van der Waals surface area contributed by atoms with E-state index in [0.29, 0.717) is 28.6 Å². The number of benzene rings is 1. The van der Waals surface area contributed by atoms with Gasteiger partial charge in [-0.3, -0.25) is 4.79 Å². The number of aromatic nitrogens is 3. The molecule has 0 aliphatic heterocycles. The van der Waals surface area contributed by atoms with Crippen molar-refractivity contribution in [3.8, 4) is 5.69 Å². The number of rotatable bonds is 4. The van der Waals surface area contributed by atoms with Crippen LogP contribution in [0.3, 0.4) is 0 Å². The van der Waals surface area contributed by atoms with Crippen LogP contribution < -0.4 is 5.32 Å². The van der Waals surface area contributed by atoms with E-state index in [9.17, 15) is 4.79 Å². The van der Waals surface area contributed by atoms with Gasteiger partial charge >= 0.3 is 0 Å². The number of thiophene rings is 1. The highest BCUT2D eigenvalue weighted by Gasteiger charge is 2.16. The third-order valence-electron chi connectivity index (χ3n) is 3.07. The maximum absolute atomic E-state index is 12.2. The molecule has 112 valence electrons. The average Bonchev–Trinajstić information content (AvgIpc) is 3.14. The molecule has 0 fully saturated rings. The number of hydrogen-bond donors (Lipinski definition) is 1. The molecule has 0 aliphatic rings. The van der Waals surface area contributed by atoms with Crippen molar-refractivity contribution in [2.45, 2.75) is 13.5 Å². The molecule has 0 bridgehead atoms. The molecule has 0 spiro atoms. The Morgan fingerprint density at radius 3 is 2.95 bits per heavy atom. The molecule has 1 N–H and O–H groups in total. The van der Waals surface area contributed by atoms with E-state index < -0.39 is 0 Å². The number of carbonyl (C=O) groups excluding carboxylic acids is 1. The summed E-state index contributed by atoms with van der Waals surface area (Å²) >= 11 is 7.56. The Hall–Kier alpha value is -2.18. The fourth-order valence-corrected chi connectivity index (χ4v) is 2.82. The molecule has 7 heteroatoms. The van der Waals surface area contributed by atoms with Crippen molar-refractivity contribution in [1.82, 2.24) is 20.3 Å². The van der Waals surface area contributed by atoms with Crippen molar-refractivity contribution in [2.75, 3.05) is 0 Å². The monoisotopic (exact) mass is 332 g/mol. The Balaban J connectivity index is 1.78. The van der Waals surface area contributed by atoms with Gasteiger partial charge in [0.05, 0.1) is 11.4 Å². The summed E-state index contributed by atoms with van der Waals surface area (Å²) in [5.41, 5.74) is 2.67. The summed E-state index contributed by atoms with van der Waals surface area (Å²) in [6.45, 7) is 2.24. The van der Waals surface area contributed by atoms with Gasteiger partial charge < -0.3 is 5.32 Å². The summed E-state index contributed by atoms with van der Waals surface area (Å²) in [5.74, 6) is -0.239. The smallest absolute Gasteiger partial charge is 0.274 e. The van der Waals surface area contributed by atoms with Crippen LogP contribution in [0.25, 0.3) is 5.69 Å². The molecular formula is C15H13ClN4OS. The number of carbonyl (C=O) groups is 1. The third-order valence-corrected chi connectivity index (χ3v) is 4.04. The van der Waals surface area contributed by atoms with E-state index in [1.54, 1.807) is 30.4 Å². The fourth-order valence-electron chi connectivity index (χ4n) is 1.96. The van der Waals surface area contributed by atoms with Crippen molar-refractivity contribution < 1.29 is 4.79 Å². The maximum Gasteiger partial charge on any atom is 0.274 e. The molecule has 2 aromatic heterocycles. The van der Waals surface area contributed by atoms with Crippen LogP contribution in [0.15, 0.2) is 41.1 Å². The molecule has 0 saturated heterocycles. The molecule has 22 heavy (non-hydrogen) atoms. The normalized spacial score (nSPS) is 10.6. The summed E-state index contributed by atoms with van der Waals surface area (Å²) in [6.07, 6.45) is 0. The second-order valence-electron chi connectivity index (χ2n) is 4.72. The number of nitrogens with zero attached hydrogens (tertiary/aromatic N) is 3. The van der Waals surface area contributed by atoms with Crippen LogP contribution in [-0.4, -0.2) is 20.9 Å². The molecule has 3 rings (SSSR count). The van der Waals surface area contributed by atoms with Crippen molar-refractivity contribution in [3.05, 3.63) is 63.1 Å². The highest BCUT2D eigenvalue weighted by molar-refractivity contribution is 7.07. The Labute approximate surface area is 136 Å². The highest BCUT2D eigenvalue weighted by atomic mass is 35.5. The predicted octanol–water partition coefficient (Wildman–Crippen LogP) is 3.22. The van der Waals surface area contributed by atoms with Gasteiger partial charge in [0, 0.05) is 11.6 Å². The standard InChI is InChI=1S/C15H13ClN4OS/c1-10-14(15(21)17-8-11-5-6-22-9-11)19-20(18-10)13-4-2-3-12(16)7-13/h2-7,9H,8H2,1H3,(H,17,21). The van der Waals surface area contributed by atoms with Gasteiger partial charge in [0.15, 0.2) is 5.69 Å². The molecular weight excluding hydrogens is 320 g/mol. The minimum atomic E-state index is -0.239. The first-order chi connectivity index (χ1) is 10.6. The van der Waals surface area contributed by atoms with E-state index in [-0.39, 0.29) is 5.91 Å². The number of aryl methyl sites for hydroxylation is 1. The molecule has 0 aliphatic carbocycles. The lowest BCUT2D eigenvalue weighted by Gasteiger charge is -2.01. The van der Waals surface area contributed by atoms with Crippen molar-refractivity contribution in [1.29, 1.82) is 0 Å². The van der Waals surface area contributed by atoms with Crippen LogP contribution in [0.5, 0.6) is 0 Å². The number of hydrogen-bond acceptors (Lipinski definition) is 4. The molecule has 5 nitrogen and oxygen atoms in total. The lowest BCUT2D eigenvalue weighted by Crippen LogP contribution is -2.23. The Kier molecular flexibility index (Phi) is 4.22. The second kappa shape index (κ2) is 6.29. The average molecular weight is 333 g/mol. The summed E-state index contributed by atoms with van der Waals surface area (Å²) in [5, 5.41) is 15.9. The fraction of sp³-hybridized carbons (Fsp3) is 0.133. The first-order valence-electron chi connectivity index (χ1n) is 6.62. The predicted molar refractivity (Wildman–Crippen MR) is 86.6 cm³/mol. The number of nitrogens with one attached hydrogen (secondary N) is 1. The molecule has 3 aromatic rings. The van der Waals surface area contributed by atoms with Gasteiger partial charge in [-0.25, -0.2) is 0 Å². The van der Waals surface area contributed by atoms with Crippen molar-refractivity contribution in [2.24, 2.45) is 0 Å². The van der Waals surface area contributed by atoms with E-state index in [4.69, 9.17) is 11.6 Å². The molecule has 0 saturated carbocycles. The first-order valence-corrected chi connectivity index (χ1v) is 7.95. The minimum absolute atomic E-state index is 0.239. The topological polar surface area (TPSA) is 59.8 Å². The maximum atomic E-state index is 12.2. The van der Waals surface area contributed by atoms with Crippen LogP contribution in [0.2, 0.25) is 5.02 Å². The number of halogens is 1. The van der Waals surface area contributed by atoms with Crippen LogP contribution in [0.1, 0.15) is 21.7 Å². The van der Waals surface area contributed by atoms with E-state index in [2.05, 4.69) is 15.5 Å². The van der Waals surface area contributed by atoms with Gasteiger partial charge in [-0.2, -0.15) is 21.2 Å². The van der Waals surface area contributed by atoms with Crippen LogP contribution in [-0.2, 0) is 6.54 Å². The van der Waals surface area contributed by atoms with Gasteiger partial charge in [0.2, 0.25) is 0 Å². The van der Waals surface area contributed by atoms with Gasteiger partial charge in [-0.1, -0.05) is 17.7 Å². The molecule has 0 atom stereocenters. The third kappa shape index (κ3) is 3.18. The zero-order valence-electron chi connectivity index (χ0n) is 11.8. The molecule has 0 radical (unpaired) electrons. The van der Waals surface area contributed by atoms with E-state index >= 15 is 0 Å². The molecule has 1 amide bonds. The zero-order chi connectivity index (χ0) is 15.5. The molecule has 2 heterocycles. The number of amides is 1. The summed E-state index contributed by atoms with van der Waals surface area (Å²) < 4.78 is 0. The van der Waals surface area contributed by atoms with E-state index in [1.807, 2.05) is 29.0 Å². The van der Waals surface area contributed by atoms with Crippen molar-refractivity contribution in [3.63, 3.8) is 0 Å². The van der Waals surface area contributed by atoms with E-state index in [1.165, 1.54) is 4.80 Å². The molecule has 1 aromatic carbocycles. The molecule has 0 unspecified atom stereocenters. The summed E-state index contributed by atoms with van der Waals surface area (Å²) in [4.78, 5) is 13.6. The SMILES string of the molecule is Cc1nn(-c2cccc(Cl)c2)nc1C(=O)NCc1ccsc1. The zero-order valence-corrected chi connectivity index (χ0v) is 13.4. The van der Waals surface area contributed by atoms with E-state index in [0.717, 1.165) is 5.56 Å². The van der Waals surface area contributed by atoms with Crippen LogP contribution >= 0.6 is 22.9 Å².